The minimum Gasteiger partial charge on any atom is -0.662 e. The zero-order valence-electron chi connectivity index (χ0n) is 84.0. The Morgan fingerprint density at radius 1 is 0.461 bits per heavy atom. The number of nitrogens with one attached hydrogen (secondary N) is 1. The maximum atomic E-state index is 11.6. The van der Waals surface area contributed by atoms with E-state index in [-0.39, 0.29) is 217 Å². The topological polar surface area (TPSA) is 427 Å². The number of phenols is 2. The van der Waals surface area contributed by atoms with Crippen LogP contribution in [0.15, 0.2) is 182 Å². The van der Waals surface area contributed by atoms with Gasteiger partial charge in [-0.2, -0.15) is 0 Å². The van der Waals surface area contributed by atoms with Gasteiger partial charge >= 0.3 is 99.1 Å². The van der Waals surface area contributed by atoms with Gasteiger partial charge in [0.15, 0.2) is 0 Å². The predicted molar refractivity (Wildman–Crippen MR) is 531 cm³/mol. The van der Waals surface area contributed by atoms with E-state index in [2.05, 4.69) is 142 Å². The summed E-state index contributed by atoms with van der Waals surface area (Å²) in [5.74, 6) is -1.16. The van der Waals surface area contributed by atoms with Crippen molar-refractivity contribution in [1.82, 2.24) is 5.32 Å². The number of aliphatic hydroxyl groups excluding tert-OH is 1. The van der Waals surface area contributed by atoms with Crippen LogP contribution in [0.2, 0.25) is 0 Å². The van der Waals surface area contributed by atoms with Gasteiger partial charge in [-0.25, -0.2) is 19.4 Å². The van der Waals surface area contributed by atoms with Gasteiger partial charge in [0.05, 0.1) is 78.6 Å². The first-order valence-electron chi connectivity index (χ1n) is 45.2. The van der Waals surface area contributed by atoms with E-state index in [4.69, 9.17) is 94.5 Å². The molecule has 0 bridgehead atoms. The molecule has 1 radical (unpaired) electrons. The van der Waals surface area contributed by atoms with Crippen molar-refractivity contribution in [3.8, 4) is 28.7 Å². The van der Waals surface area contributed by atoms with Gasteiger partial charge in [-0.05, 0) is 226 Å². The molecule has 0 aromatic heterocycles. The van der Waals surface area contributed by atoms with Gasteiger partial charge in [-0.15, -0.1) is 0 Å². The number of phenolic OH excluding ortho intramolecular Hbond substituents is 2. The zero-order valence-corrected chi connectivity index (χ0v) is 90.2. The maximum absolute atomic E-state index is 11.6. The summed E-state index contributed by atoms with van der Waals surface area (Å²) in [6.45, 7) is 58.9. The molecule has 2 heterocycles. The molecule has 6 N–H and O–H groups in total. The summed E-state index contributed by atoms with van der Waals surface area (Å²) in [5, 5.41) is 45.7. The third-order valence-corrected chi connectivity index (χ3v) is 18.6. The Hall–Kier alpha value is -11.2. The number of fused-ring (bicyclic) bond motifs is 2. The average molecular weight is 2000 g/mol. The number of esters is 8. The average Bonchev–Trinajstić information content (AvgIpc) is 1.81. The molecule has 0 saturated carbocycles. The van der Waals surface area contributed by atoms with Crippen LogP contribution in [0.1, 0.15) is 181 Å². The first-order valence-corrected chi connectivity index (χ1v) is 45.2. The molecule has 2 saturated heterocycles. The molecule has 0 aliphatic carbocycles. The van der Waals surface area contributed by atoms with Gasteiger partial charge in [-0.3, -0.25) is 43.2 Å². The third kappa shape index (κ3) is 62.7. The Bertz CT molecular complexity index is 5500. The number of ketones is 1. The van der Waals surface area contributed by atoms with Crippen LogP contribution in [-0.4, -0.2) is 222 Å². The summed E-state index contributed by atoms with van der Waals surface area (Å²) in [6.07, 6.45) is 7.24. The third-order valence-electron chi connectivity index (χ3n) is 18.6. The van der Waals surface area contributed by atoms with Crippen molar-refractivity contribution in [2.24, 2.45) is 5.73 Å². The Morgan fingerprint density at radius 2 is 0.787 bits per heavy atom. The zero-order chi connectivity index (χ0) is 104. The van der Waals surface area contributed by atoms with Gasteiger partial charge in [0.25, 0.3) is 6.47 Å². The van der Waals surface area contributed by atoms with Crippen molar-refractivity contribution in [3.63, 3.8) is 0 Å². The molecular weight excluding hydrogens is 1860 g/mol. The fourth-order valence-corrected chi connectivity index (χ4v) is 12.1. The van der Waals surface area contributed by atoms with E-state index < -0.39 is 24.0 Å². The van der Waals surface area contributed by atoms with E-state index in [1.807, 2.05) is 24.3 Å². The number of epoxide rings is 2. The molecule has 2 aliphatic rings. The number of aliphatic hydroxyl groups is 1. The van der Waals surface area contributed by atoms with E-state index in [9.17, 15) is 53.4 Å². The van der Waals surface area contributed by atoms with Crippen LogP contribution in [-0.2, 0) is 136 Å². The van der Waals surface area contributed by atoms with Crippen LogP contribution in [0.4, 0.5) is 22.7 Å². The largest absolute Gasteiger partial charge is 1.00 e. The van der Waals surface area contributed by atoms with Gasteiger partial charge in [-0.1, -0.05) is 151 Å². The molecule has 2 unspecified atom stereocenters. The number of nitrogens with zero attached hydrogens (tertiary/aromatic N) is 4. The van der Waals surface area contributed by atoms with Crippen LogP contribution in [0.5, 0.6) is 28.7 Å². The SMILES string of the molecule is CC(=O)OC(C)=O.CC(C)(N)Cc1ccc2ccccc2c1.CC(C)=O.CCC1CO1.CCOC(=O)CCc1ccc(O)cc1.O=CO[O-].[C-]#[N+]c1cc(CCC(=O)OCC)ccc1O.[C-]#[N+]c1cc(CCC(=O)OCC)ccc1OC(C)=O.[C-]#[N+]c1cc(CCC(=O)OCC)ccc1OCC1CO1.[C-]#[N+]c1cc(CCC(=O)OCC)ccc1OC[C@H](O)CNC(C)(C)Cc1ccc2ccccc2c1.[K+].[K]. The van der Waals surface area contributed by atoms with E-state index >= 15 is 0 Å². The molecular formula is C107H131K2N6O26. The van der Waals surface area contributed by atoms with Crippen LogP contribution in [0.3, 0.4) is 0 Å². The summed E-state index contributed by atoms with van der Waals surface area (Å²) in [5.41, 5.74) is 14.0. The molecule has 747 valence electrons. The van der Waals surface area contributed by atoms with Crippen molar-refractivity contribution in [2.75, 3.05) is 66.0 Å². The monoisotopic (exact) mass is 1990 g/mol. The number of carbonyl (C=O) groups is 10. The summed E-state index contributed by atoms with van der Waals surface area (Å²) < 4.78 is 54.3. The molecule has 0 spiro atoms. The van der Waals surface area contributed by atoms with Crippen molar-refractivity contribution >= 4 is 156 Å². The quantitative estimate of drug-likeness (QED) is 0.00233. The van der Waals surface area contributed by atoms with Gasteiger partial charge in [0, 0.05) is 122 Å². The molecule has 2 aliphatic heterocycles. The fraction of sp³-hybridized carbons (Fsp3) is 0.402. The summed E-state index contributed by atoms with van der Waals surface area (Å²) >= 11 is 0. The summed E-state index contributed by atoms with van der Waals surface area (Å²) in [4.78, 5) is 121. The number of aryl methyl sites for hydroxylation is 5. The number of Topliss-reactive ketones (excluding diaryl/α,β-unsaturated/α-hetero) is 1. The molecule has 3 atom stereocenters. The summed E-state index contributed by atoms with van der Waals surface area (Å²) in [7, 11) is 0. The second-order valence-corrected chi connectivity index (χ2v) is 32.2. The molecule has 2 fully saturated rings. The van der Waals surface area contributed by atoms with E-state index in [0.29, 0.717) is 120 Å². The molecule has 0 amide bonds. The van der Waals surface area contributed by atoms with Crippen LogP contribution < -0.4 is 81.9 Å². The molecule has 32 nitrogen and oxygen atoms in total. The first-order chi connectivity index (χ1) is 66.2. The summed E-state index contributed by atoms with van der Waals surface area (Å²) in [6, 6.07) is 56.9. The number of hydrogen-bond donors (Lipinski definition) is 5. The first kappa shape index (κ1) is 130. The number of ether oxygens (including phenoxy) is 11. The van der Waals surface area contributed by atoms with E-state index in [1.165, 1.54) is 79.8 Å². The second kappa shape index (κ2) is 74.7. The van der Waals surface area contributed by atoms with Crippen molar-refractivity contribution < 1.29 is 177 Å². The number of aromatic hydroxyl groups is 2. The van der Waals surface area contributed by atoms with Crippen molar-refractivity contribution in [3.05, 3.63) is 267 Å². The van der Waals surface area contributed by atoms with Crippen LogP contribution in [0.25, 0.3) is 40.9 Å². The second-order valence-electron chi connectivity index (χ2n) is 32.2. The normalized spacial score (nSPS) is 11.9. The Labute approximate surface area is 912 Å². The Kier molecular flexibility index (Phi) is 68.8. The molecule has 34 heteroatoms. The number of rotatable bonds is 36. The molecule has 9 aromatic rings. The van der Waals surface area contributed by atoms with Crippen molar-refractivity contribution in [1.29, 1.82) is 0 Å². The number of nitrogens with two attached hydrogens (primary N) is 1. The molecule has 11 rings (SSSR count). The fourth-order valence-electron chi connectivity index (χ4n) is 12.1. The number of hydrogen-bond acceptors (Lipinski definition) is 28. The number of β-amino-alcohol motifs (C(OH)–C–C–N with tert-alkyl or cyclic N) is 1. The Morgan fingerprint density at radius 3 is 1.11 bits per heavy atom. The van der Waals surface area contributed by atoms with Gasteiger partial charge in [0.2, 0.25) is 22.7 Å². The molecule has 141 heavy (non-hydrogen) atoms. The van der Waals surface area contributed by atoms with Crippen molar-refractivity contribution in [2.45, 2.75) is 217 Å². The van der Waals surface area contributed by atoms with Crippen LogP contribution >= 0.6 is 0 Å². The van der Waals surface area contributed by atoms with Crippen LogP contribution in [0, 0.1) is 26.3 Å². The number of carbonyl (C=O) groups excluding carboxylic acids is 10. The predicted octanol–water partition coefficient (Wildman–Crippen LogP) is 14.4. The minimum atomic E-state index is -0.729. The smallest absolute Gasteiger partial charge is 0.662 e. The van der Waals surface area contributed by atoms with Gasteiger partial charge in [0.1, 0.15) is 60.0 Å². The Balaban J connectivity index is 0.00000164. The minimum absolute atomic E-state index is 0. The van der Waals surface area contributed by atoms with Gasteiger partial charge < -0.3 is 93.4 Å². The maximum Gasteiger partial charge on any atom is 1.00 e. The van der Waals surface area contributed by atoms with E-state index in [0.717, 1.165) is 53.9 Å². The number of benzene rings is 9. The standard InChI is InChI=1S/C29H34N2O4.C15H17NO4.C14H15NO4.C14H17N.C12H13NO3.C11H14O3.C4H6O3.C4H8O.C3H6O.CH2O3.2K/c1-5-34-28(33)15-12-21-11-14-27(26(17-21)30-4)35-20-25(32)19-31-29(2,3)18-22-10-13-23-8-6-7-9-24(23)16-22;1-3-18-15(17)7-5-11-4-6-14(13(8-11)16-2)20-10-12-9-19-12;1-4-18-14(17)8-6-11-5-7-13(19-10(2)16)12(9-11)15-3;1-14(2,15)10-11-7-8-12-5-3-4-6-13(12)9-11;1-3-16-12(15)7-5-9-4-6-11(14)10(8-9)13-2;1-2-14-11(13)8-5-9-3-6-10(12)7-4-9;1-3(5)7-4(2)6;1-2-4-3-5-4;1-3(2)4;2-1-4-3;;/h6-11,13-14,16-17,25,31-32H,5,12,15,18-20H2,1-3H3;4,6,8,12H,3,5,7,9-10H2,1H3;5,7,9H,4,6,8H2,1-2H3;3-9H,10,15H2,1-2H3;4,6,8,14H,3,5,7H2,1H3;3-4,6-7,12H,2,5,8H2,1H3;1-2H3;4H,2-3H2,1H3;1-2H3;1,3H;;/q;;;;;;;;;;;+1/p-1/t25-;;;;;;;;;;;/m1.........../s1. The molecule has 9 aromatic carbocycles. The van der Waals surface area contributed by atoms with E-state index in [1.54, 1.807) is 113 Å².